The topological polar surface area (TPSA) is 42.0 Å². The quantitative estimate of drug-likeness (QED) is 0.776. The van der Waals surface area contributed by atoms with Gasteiger partial charge >= 0.3 is 0 Å². The molecular weight excluding hydrogens is 268 g/mol. The van der Waals surface area contributed by atoms with Crippen molar-refractivity contribution in [2.45, 2.75) is 63.9 Å². The maximum Gasteiger partial charge on any atom is 0.239 e. The smallest absolute Gasteiger partial charge is 0.239 e. The van der Waals surface area contributed by atoms with Crippen molar-refractivity contribution in [2.75, 3.05) is 32.8 Å². The highest BCUT2D eigenvalue weighted by molar-refractivity contribution is 5.82. The maximum absolute atomic E-state index is 12.8. The van der Waals surface area contributed by atoms with Crippen LogP contribution in [0.3, 0.4) is 0 Å². The second kappa shape index (κ2) is 6.23. The van der Waals surface area contributed by atoms with Crippen LogP contribution in [0.4, 0.5) is 0 Å². The predicted molar refractivity (Wildman–Crippen MR) is 79.9 cm³/mol. The summed E-state index contributed by atoms with van der Waals surface area (Å²) in [5.74, 6) is -0.0924. The van der Waals surface area contributed by atoms with E-state index >= 15 is 0 Å². The molecule has 1 amide bonds. The first kappa shape index (κ1) is 15.3. The Morgan fingerprint density at radius 2 is 2.00 bits per heavy atom. The van der Waals surface area contributed by atoms with Crippen LogP contribution in [0.25, 0.3) is 0 Å². The summed E-state index contributed by atoms with van der Waals surface area (Å²) in [6.45, 7) is 8.44. The van der Waals surface area contributed by atoms with Crippen LogP contribution in [0.15, 0.2) is 0 Å². The first-order chi connectivity index (χ1) is 10.1. The van der Waals surface area contributed by atoms with Gasteiger partial charge in [0, 0.05) is 25.9 Å². The van der Waals surface area contributed by atoms with Gasteiger partial charge in [0.1, 0.15) is 0 Å². The molecule has 5 heteroatoms. The summed E-state index contributed by atoms with van der Waals surface area (Å²) in [4.78, 5) is 17.2. The number of carbonyl (C=O) groups excluding carboxylic acids is 1. The molecule has 0 aliphatic carbocycles. The number of hydrogen-bond acceptors (Lipinski definition) is 4. The zero-order valence-electron chi connectivity index (χ0n) is 13.3. The minimum absolute atomic E-state index is 0.0992. The SMILES string of the molecule is CCN1CCCCC1C(=O)N1CCC2(CC1)OCC(C)O2. The lowest BCUT2D eigenvalue weighted by atomic mass is 9.98. The first-order valence-corrected chi connectivity index (χ1v) is 8.48. The molecule has 0 radical (unpaired) electrons. The second-order valence-electron chi connectivity index (χ2n) is 6.62. The van der Waals surface area contributed by atoms with E-state index in [1.54, 1.807) is 0 Å². The number of piperidine rings is 2. The van der Waals surface area contributed by atoms with Crippen LogP contribution < -0.4 is 0 Å². The summed E-state index contributed by atoms with van der Waals surface area (Å²) in [7, 11) is 0. The Labute approximate surface area is 127 Å². The number of likely N-dealkylation sites (tertiary alicyclic amines) is 2. The van der Waals surface area contributed by atoms with Crippen LogP contribution in [0.5, 0.6) is 0 Å². The molecule has 3 fully saturated rings. The molecule has 2 unspecified atom stereocenters. The Morgan fingerprint density at radius 3 is 2.62 bits per heavy atom. The van der Waals surface area contributed by atoms with Gasteiger partial charge in [0.2, 0.25) is 5.91 Å². The molecule has 3 rings (SSSR count). The van der Waals surface area contributed by atoms with E-state index in [0.29, 0.717) is 12.5 Å². The van der Waals surface area contributed by atoms with Crippen LogP contribution in [0, 0.1) is 0 Å². The third kappa shape index (κ3) is 3.10. The van der Waals surface area contributed by atoms with Crippen LogP contribution in [-0.2, 0) is 14.3 Å². The highest BCUT2D eigenvalue weighted by atomic mass is 16.7. The summed E-state index contributed by atoms with van der Waals surface area (Å²) in [6, 6.07) is 0.0992. The van der Waals surface area contributed by atoms with Gasteiger partial charge in [-0.3, -0.25) is 9.69 Å². The van der Waals surface area contributed by atoms with Gasteiger partial charge in [0.05, 0.1) is 18.8 Å². The number of hydrogen-bond donors (Lipinski definition) is 0. The molecular formula is C16H28N2O3. The van der Waals surface area contributed by atoms with E-state index in [1.165, 1.54) is 12.8 Å². The zero-order valence-corrected chi connectivity index (χ0v) is 13.3. The molecule has 120 valence electrons. The molecule has 0 saturated carbocycles. The molecule has 3 aliphatic heterocycles. The molecule has 0 aromatic rings. The fourth-order valence-electron chi connectivity index (χ4n) is 3.89. The fourth-order valence-corrected chi connectivity index (χ4v) is 3.89. The Balaban J connectivity index is 1.57. The molecule has 3 heterocycles. The van der Waals surface area contributed by atoms with Crippen molar-refractivity contribution in [1.29, 1.82) is 0 Å². The molecule has 5 nitrogen and oxygen atoms in total. The van der Waals surface area contributed by atoms with Gasteiger partial charge in [-0.15, -0.1) is 0 Å². The average Bonchev–Trinajstić information content (AvgIpc) is 2.88. The lowest BCUT2D eigenvalue weighted by Crippen LogP contribution is -2.55. The zero-order chi connectivity index (χ0) is 14.9. The molecule has 0 bridgehead atoms. The van der Waals surface area contributed by atoms with Crippen LogP contribution in [-0.4, -0.2) is 66.4 Å². The normalized spacial score (nSPS) is 33.5. The predicted octanol–water partition coefficient (Wildman–Crippen LogP) is 1.61. The van der Waals surface area contributed by atoms with Crippen molar-refractivity contribution in [2.24, 2.45) is 0 Å². The molecule has 3 saturated heterocycles. The first-order valence-electron chi connectivity index (χ1n) is 8.48. The summed E-state index contributed by atoms with van der Waals surface area (Å²) in [6.07, 6.45) is 5.21. The van der Waals surface area contributed by atoms with Gasteiger partial charge in [-0.05, 0) is 32.9 Å². The standard InChI is InChI=1S/C16H28N2O3/c1-3-17-9-5-4-6-14(17)15(19)18-10-7-16(8-11-18)20-12-13(2)21-16/h13-14H,3-12H2,1-2H3. The monoisotopic (exact) mass is 296 g/mol. The highest BCUT2D eigenvalue weighted by Crippen LogP contribution is 2.34. The Hall–Kier alpha value is -0.650. The van der Waals surface area contributed by atoms with E-state index in [2.05, 4.69) is 11.8 Å². The largest absolute Gasteiger partial charge is 0.347 e. The minimum Gasteiger partial charge on any atom is -0.347 e. The van der Waals surface area contributed by atoms with Crippen LogP contribution in [0.2, 0.25) is 0 Å². The average molecular weight is 296 g/mol. The Morgan fingerprint density at radius 1 is 1.24 bits per heavy atom. The third-order valence-corrected chi connectivity index (χ3v) is 5.14. The fraction of sp³-hybridized carbons (Fsp3) is 0.938. The van der Waals surface area contributed by atoms with Gasteiger partial charge in [0.25, 0.3) is 0 Å². The number of amides is 1. The summed E-state index contributed by atoms with van der Waals surface area (Å²) >= 11 is 0. The Kier molecular flexibility index (Phi) is 4.52. The lowest BCUT2D eigenvalue weighted by molar-refractivity contribution is -0.195. The van der Waals surface area contributed by atoms with Crippen molar-refractivity contribution in [3.05, 3.63) is 0 Å². The van der Waals surface area contributed by atoms with E-state index in [9.17, 15) is 4.79 Å². The molecule has 0 aromatic carbocycles. The molecule has 3 aliphatic rings. The molecule has 21 heavy (non-hydrogen) atoms. The van der Waals surface area contributed by atoms with Gasteiger partial charge in [-0.2, -0.15) is 0 Å². The summed E-state index contributed by atoms with van der Waals surface area (Å²) in [5, 5.41) is 0. The van der Waals surface area contributed by atoms with Gasteiger partial charge < -0.3 is 14.4 Å². The summed E-state index contributed by atoms with van der Waals surface area (Å²) in [5.41, 5.74) is 0. The van der Waals surface area contributed by atoms with Crippen molar-refractivity contribution < 1.29 is 14.3 Å². The molecule has 2 atom stereocenters. The van der Waals surface area contributed by atoms with Gasteiger partial charge in [0.15, 0.2) is 5.79 Å². The summed E-state index contributed by atoms with van der Waals surface area (Å²) < 4.78 is 11.8. The molecule has 1 spiro atoms. The van der Waals surface area contributed by atoms with Crippen molar-refractivity contribution in [3.8, 4) is 0 Å². The van der Waals surface area contributed by atoms with E-state index in [4.69, 9.17) is 9.47 Å². The second-order valence-corrected chi connectivity index (χ2v) is 6.62. The number of nitrogens with zero attached hydrogens (tertiary/aromatic N) is 2. The molecule has 0 aromatic heterocycles. The maximum atomic E-state index is 12.8. The van der Waals surface area contributed by atoms with E-state index < -0.39 is 5.79 Å². The Bertz CT molecular complexity index is 380. The van der Waals surface area contributed by atoms with E-state index in [-0.39, 0.29) is 12.1 Å². The van der Waals surface area contributed by atoms with Gasteiger partial charge in [-0.25, -0.2) is 0 Å². The third-order valence-electron chi connectivity index (χ3n) is 5.14. The minimum atomic E-state index is -0.410. The van der Waals surface area contributed by atoms with E-state index in [1.807, 2.05) is 11.8 Å². The molecule has 0 N–H and O–H groups in total. The van der Waals surface area contributed by atoms with Crippen molar-refractivity contribution in [1.82, 2.24) is 9.80 Å². The van der Waals surface area contributed by atoms with Crippen LogP contribution >= 0.6 is 0 Å². The van der Waals surface area contributed by atoms with Crippen molar-refractivity contribution in [3.63, 3.8) is 0 Å². The van der Waals surface area contributed by atoms with E-state index in [0.717, 1.165) is 45.4 Å². The number of likely N-dealkylation sites (N-methyl/N-ethyl adjacent to an activating group) is 1. The lowest BCUT2D eigenvalue weighted by Gasteiger charge is -2.42. The number of ether oxygens (including phenoxy) is 2. The van der Waals surface area contributed by atoms with Crippen LogP contribution in [0.1, 0.15) is 46.0 Å². The number of carbonyl (C=O) groups is 1. The van der Waals surface area contributed by atoms with Crippen molar-refractivity contribution >= 4 is 5.91 Å². The number of rotatable bonds is 2. The highest BCUT2D eigenvalue weighted by Gasteiger charge is 2.44. The van der Waals surface area contributed by atoms with Gasteiger partial charge in [-0.1, -0.05) is 13.3 Å².